The van der Waals surface area contributed by atoms with Crippen LogP contribution in [-0.2, 0) is 6.42 Å². The molecule has 0 saturated heterocycles. The minimum atomic E-state index is 0.870. The molecule has 0 radical (unpaired) electrons. The van der Waals surface area contributed by atoms with Crippen molar-refractivity contribution in [2.24, 2.45) is 0 Å². The van der Waals surface area contributed by atoms with Crippen molar-refractivity contribution in [3.05, 3.63) is 181 Å². The summed E-state index contributed by atoms with van der Waals surface area (Å²) in [7, 11) is 0. The number of benzene rings is 5. The van der Waals surface area contributed by atoms with Crippen LogP contribution >= 0.6 is 0 Å². The van der Waals surface area contributed by atoms with Crippen LogP contribution in [0, 0.1) is 0 Å². The molecular weight excluding hydrogens is 544 g/mol. The normalized spacial score (nSPS) is 11.1. The lowest BCUT2D eigenvalue weighted by Crippen LogP contribution is -1.98. The molecule has 0 unspecified atom stereocenters. The van der Waals surface area contributed by atoms with Crippen LogP contribution in [0.25, 0.3) is 68.6 Å². The molecule has 2 heteroatoms. The molecule has 0 aliphatic heterocycles. The predicted octanol–water partition coefficient (Wildman–Crippen LogP) is 11.4. The Bertz CT molecular complexity index is 2220. The SMILES string of the molecule is C=Cc1c(C=C)n(-c2ccc(Cc3ccc(-c4ccc(-n5c(C=C)c(C=C)c6ccccc65)cc4)cc3)cc2)c2ccccc12. The first kappa shape index (κ1) is 27.9. The van der Waals surface area contributed by atoms with Crippen LogP contribution in [0.4, 0.5) is 0 Å². The summed E-state index contributed by atoms with van der Waals surface area (Å²) in [6.07, 6.45) is 8.54. The van der Waals surface area contributed by atoms with Crippen LogP contribution in [0.2, 0.25) is 0 Å². The zero-order valence-corrected chi connectivity index (χ0v) is 25.3. The van der Waals surface area contributed by atoms with E-state index in [4.69, 9.17) is 0 Å². The molecule has 45 heavy (non-hydrogen) atoms. The fraction of sp³-hybridized carbons (Fsp3) is 0.0233. The Kier molecular flexibility index (Phi) is 7.25. The molecule has 0 saturated carbocycles. The van der Waals surface area contributed by atoms with Crippen molar-refractivity contribution in [2.75, 3.05) is 0 Å². The van der Waals surface area contributed by atoms with Crippen LogP contribution < -0.4 is 0 Å². The minimum Gasteiger partial charge on any atom is -0.309 e. The van der Waals surface area contributed by atoms with E-state index in [0.717, 1.165) is 51.3 Å². The number of hydrogen-bond donors (Lipinski definition) is 0. The lowest BCUT2D eigenvalue weighted by Gasteiger charge is -2.11. The molecule has 0 N–H and O–H groups in total. The predicted molar refractivity (Wildman–Crippen MR) is 195 cm³/mol. The number of nitrogens with zero attached hydrogens (tertiary/aromatic N) is 2. The zero-order chi connectivity index (χ0) is 30.9. The highest BCUT2D eigenvalue weighted by molar-refractivity contribution is 5.96. The quantitative estimate of drug-likeness (QED) is 0.161. The first-order valence-corrected chi connectivity index (χ1v) is 15.2. The van der Waals surface area contributed by atoms with E-state index >= 15 is 0 Å². The van der Waals surface area contributed by atoms with Crippen molar-refractivity contribution in [2.45, 2.75) is 6.42 Å². The maximum atomic E-state index is 4.09. The van der Waals surface area contributed by atoms with Crippen LogP contribution in [0.1, 0.15) is 33.6 Å². The molecule has 7 aromatic rings. The Morgan fingerprint density at radius 2 is 0.800 bits per heavy atom. The minimum absolute atomic E-state index is 0.870. The second kappa shape index (κ2) is 11.7. The molecule has 2 heterocycles. The zero-order valence-electron chi connectivity index (χ0n) is 25.3. The van der Waals surface area contributed by atoms with Crippen LogP contribution in [-0.4, -0.2) is 9.13 Å². The van der Waals surface area contributed by atoms with E-state index in [-0.39, 0.29) is 0 Å². The smallest absolute Gasteiger partial charge is 0.0541 e. The summed E-state index contributed by atoms with van der Waals surface area (Å²) in [5.74, 6) is 0. The van der Waals surface area contributed by atoms with Gasteiger partial charge in [-0.1, -0.05) is 123 Å². The molecule has 0 amide bonds. The van der Waals surface area contributed by atoms with Crippen LogP contribution in [0.15, 0.2) is 148 Å². The molecule has 216 valence electrons. The molecule has 2 aromatic heterocycles. The standard InChI is InChI=1S/C43H34N2/c1-5-36-38-13-9-11-15-42(38)44(40(36)7-3)34-25-19-31(20-26-34)29-30-17-21-32(22-18-30)33-23-27-35(28-24-33)45-41(8-4)37(6-2)39-14-10-12-16-43(39)45/h5-28H,1-4,29H2. The Hall–Kier alpha value is -5.86. The van der Waals surface area contributed by atoms with Crippen molar-refractivity contribution >= 4 is 46.1 Å². The van der Waals surface area contributed by atoms with Gasteiger partial charge in [0.05, 0.1) is 22.4 Å². The van der Waals surface area contributed by atoms with Crippen molar-refractivity contribution in [3.63, 3.8) is 0 Å². The second-order valence-electron chi connectivity index (χ2n) is 11.2. The van der Waals surface area contributed by atoms with E-state index in [1.807, 2.05) is 24.3 Å². The Morgan fingerprint density at radius 1 is 0.422 bits per heavy atom. The van der Waals surface area contributed by atoms with Crippen molar-refractivity contribution < 1.29 is 0 Å². The third-order valence-corrected chi connectivity index (χ3v) is 8.71. The summed E-state index contributed by atoms with van der Waals surface area (Å²) in [5.41, 5.74) is 13.8. The molecule has 0 aliphatic carbocycles. The van der Waals surface area contributed by atoms with Crippen LogP contribution in [0.3, 0.4) is 0 Å². The van der Waals surface area contributed by atoms with Gasteiger partial charge in [-0.15, -0.1) is 0 Å². The van der Waals surface area contributed by atoms with Gasteiger partial charge in [0.15, 0.2) is 0 Å². The third kappa shape index (κ3) is 4.77. The van der Waals surface area contributed by atoms with Gasteiger partial charge in [-0.25, -0.2) is 0 Å². The van der Waals surface area contributed by atoms with Gasteiger partial charge in [0.2, 0.25) is 0 Å². The summed E-state index contributed by atoms with van der Waals surface area (Å²) in [4.78, 5) is 0. The van der Waals surface area contributed by atoms with Gasteiger partial charge >= 0.3 is 0 Å². The number of fused-ring (bicyclic) bond motifs is 2. The van der Waals surface area contributed by atoms with E-state index in [2.05, 4.69) is 157 Å². The highest BCUT2D eigenvalue weighted by Crippen LogP contribution is 2.33. The summed E-state index contributed by atoms with van der Waals surface area (Å²) in [5, 5.41) is 2.36. The number of aromatic nitrogens is 2. The fourth-order valence-electron chi connectivity index (χ4n) is 6.57. The van der Waals surface area contributed by atoms with Gasteiger partial charge in [-0.05, 0) is 77.2 Å². The van der Waals surface area contributed by atoms with Gasteiger partial charge in [0.1, 0.15) is 0 Å². The lowest BCUT2D eigenvalue weighted by molar-refractivity contribution is 1.09. The van der Waals surface area contributed by atoms with Gasteiger partial charge < -0.3 is 9.13 Å². The molecule has 2 nitrogen and oxygen atoms in total. The largest absolute Gasteiger partial charge is 0.309 e. The number of hydrogen-bond acceptors (Lipinski definition) is 0. The van der Waals surface area contributed by atoms with E-state index in [1.54, 1.807) is 0 Å². The molecule has 0 fully saturated rings. The topological polar surface area (TPSA) is 9.86 Å². The fourth-order valence-corrected chi connectivity index (χ4v) is 6.57. The maximum absolute atomic E-state index is 4.09. The van der Waals surface area contributed by atoms with E-state index in [0.29, 0.717) is 0 Å². The average Bonchev–Trinajstić information content (AvgIpc) is 3.61. The first-order valence-electron chi connectivity index (χ1n) is 15.2. The molecule has 0 atom stereocenters. The Labute approximate surface area is 264 Å². The monoisotopic (exact) mass is 578 g/mol. The lowest BCUT2D eigenvalue weighted by atomic mass is 10.00. The molecule has 0 bridgehead atoms. The van der Waals surface area contributed by atoms with Crippen molar-refractivity contribution in [1.82, 2.24) is 9.13 Å². The Balaban J connectivity index is 1.12. The summed E-state index contributed by atoms with van der Waals surface area (Å²) in [6.45, 7) is 16.3. The van der Waals surface area contributed by atoms with E-state index in [1.165, 1.54) is 33.0 Å². The molecule has 0 aliphatic rings. The maximum Gasteiger partial charge on any atom is 0.0541 e. The first-order chi connectivity index (χ1) is 22.1. The van der Waals surface area contributed by atoms with Crippen LogP contribution in [0.5, 0.6) is 0 Å². The van der Waals surface area contributed by atoms with Crippen molar-refractivity contribution in [3.8, 4) is 22.5 Å². The van der Waals surface area contributed by atoms with E-state index < -0.39 is 0 Å². The van der Waals surface area contributed by atoms with Crippen molar-refractivity contribution in [1.29, 1.82) is 0 Å². The Morgan fingerprint density at radius 3 is 1.22 bits per heavy atom. The third-order valence-electron chi connectivity index (χ3n) is 8.71. The van der Waals surface area contributed by atoms with Gasteiger partial charge in [-0.3, -0.25) is 0 Å². The number of para-hydroxylation sites is 2. The van der Waals surface area contributed by atoms with Gasteiger partial charge in [-0.2, -0.15) is 0 Å². The molecule has 7 rings (SSSR count). The van der Waals surface area contributed by atoms with Gasteiger partial charge in [0.25, 0.3) is 0 Å². The highest BCUT2D eigenvalue weighted by Gasteiger charge is 2.15. The summed E-state index contributed by atoms with van der Waals surface area (Å²) < 4.78 is 4.52. The highest BCUT2D eigenvalue weighted by atomic mass is 15.0. The summed E-state index contributed by atoms with van der Waals surface area (Å²) in [6, 6.07) is 43.3. The molecule has 0 spiro atoms. The van der Waals surface area contributed by atoms with Gasteiger partial charge in [0, 0.05) is 33.3 Å². The molecular formula is C43H34N2. The summed E-state index contributed by atoms with van der Waals surface area (Å²) >= 11 is 0. The number of rotatable bonds is 9. The average molecular weight is 579 g/mol. The molecule has 5 aromatic carbocycles. The van der Waals surface area contributed by atoms with E-state index in [9.17, 15) is 0 Å². The second-order valence-corrected chi connectivity index (χ2v) is 11.2.